The van der Waals surface area contributed by atoms with Gasteiger partial charge in [-0.3, -0.25) is 0 Å². The smallest absolute Gasteiger partial charge is 0.129 e. The van der Waals surface area contributed by atoms with Gasteiger partial charge < -0.3 is 11.1 Å². The summed E-state index contributed by atoms with van der Waals surface area (Å²) < 4.78 is 0. The predicted octanol–water partition coefficient (Wildman–Crippen LogP) is 4.14. The first-order chi connectivity index (χ1) is 11.8. The number of anilines is 1. The number of pyridine rings is 1. The lowest BCUT2D eigenvalue weighted by Crippen LogP contribution is -2.13. The normalized spacial score (nSPS) is 17.6. The van der Waals surface area contributed by atoms with E-state index in [1.807, 2.05) is 6.20 Å². The molecule has 1 atom stereocenters. The van der Waals surface area contributed by atoms with Crippen LogP contribution >= 0.6 is 0 Å². The van der Waals surface area contributed by atoms with Gasteiger partial charge in [0, 0.05) is 18.3 Å². The van der Waals surface area contributed by atoms with Gasteiger partial charge in [0.25, 0.3) is 0 Å². The van der Waals surface area contributed by atoms with E-state index in [9.17, 15) is 0 Å². The van der Waals surface area contributed by atoms with Gasteiger partial charge in [-0.05, 0) is 52.3 Å². The summed E-state index contributed by atoms with van der Waals surface area (Å²) in [5.41, 5.74) is 15.2. The molecule has 3 N–H and O–H groups in total. The van der Waals surface area contributed by atoms with E-state index in [4.69, 9.17) is 5.73 Å². The summed E-state index contributed by atoms with van der Waals surface area (Å²) in [6, 6.07) is 17.2. The third-order valence-electron chi connectivity index (χ3n) is 5.19. The van der Waals surface area contributed by atoms with E-state index >= 15 is 0 Å². The van der Waals surface area contributed by atoms with Crippen molar-refractivity contribution in [1.29, 1.82) is 0 Å². The maximum atomic E-state index is 6.49. The average Bonchev–Trinajstić information content (AvgIpc) is 2.95. The summed E-state index contributed by atoms with van der Waals surface area (Å²) in [4.78, 5) is 4.65. The summed E-state index contributed by atoms with van der Waals surface area (Å²) in [5.74, 6) is 1.04. The Labute approximate surface area is 141 Å². The van der Waals surface area contributed by atoms with E-state index in [1.54, 1.807) is 0 Å². The molecular formula is C21H19N3. The van der Waals surface area contributed by atoms with Gasteiger partial charge in [0.2, 0.25) is 0 Å². The predicted molar refractivity (Wildman–Crippen MR) is 98.0 cm³/mol. The highest BCUT2D eigenvalue weighted by Crippen LogP contribution is 2.47. The summed E-state index contributed by atoms with van der Waals surface area (Å²) in [7, 11) is 0. The second-order valence-corrected chi connectivity index (χ2v) is 6.60. The Morgan fingerprint density at radius 2 is 1.83 bits per heavy atom. The van der Waals surface area contributed by atoms with Crippen LogP contribution in [0.5, 0.6) is 0 Å². The van der Waals surface area contributed by atoms with E-state index in [2.05, 4.69) is 58.8 Å². The number of benzene rings is 2. The maximum absolute atomic E-state index is 6.49. The monoisotopic (exact) mass is 313 g/mol. The minimum Gasteiger partial charge on any atom is -0.370 e. The quantitative estimate of drug-likeness (QED) is 0.710. The Hall–Kier alpha value is -2.65. The molecule has 118 valence electrons. The van der Waals surface area contributed by atoms with E-state index < -0.39 is 0 Å². The number of nitrogens with one attached hydrogen (secondary N) is 1. The van der Waals surface area contributed by atoms with Crippen LogP contribution in [0.2, 0.25) is 0 Å². The lowest BCUT2D eigenvalue weighted by Gasteiger charge is -2.18. The molecule has 0 bridgehead atoms. The molecule has 1 aliphatic carbocycles. The van der Waals surface area contributed by atoms with Gasteiger partial charge in [0.15, 0.2) is 0 Å². The molecule has 1 unspecified atom stereocenters. The first kappa shape index (κ1) is 13.8. The van der Waals surface area contributed by atoms with Crippen LogP contribution < -0.4 is 11.1 Å². The molecule has 2 aliphatic rings. The molecule has 3 nitrogen and oxygen atoms in total. The summed E-state index contributed by atoms with van der Waals surface area (Å²) in [5, 5.41) is 3.39. The van der Waals surface area contributed by atoms with Crippen LogP contribution in [0.15, 0.2) is 54.7 Å². The molecule has 3 heteroatoms. The van der Waals surface area contributed by atoms with Crippen molar-refractivity contribution in [2.24, 2.45) is 5.73 Å². The number of hydrogen-bond acceptors (Lipinski definition) is 3. The first-order valence-corrected chi connectivity index (χ1v) is 8.54. The molecule has 1 aliphatic heterocycles. The van der Waals surface area contributed by atoms with Crippen LogP contribution in [-0.2, 0) is 6.42 Å². The van der Waals surface area contributed by atoms with Gasteiger partial charge >= 0.3 is 0 Å². The third-order valence-corrected chi connectivity index (χ3v) is 5.19. The SMILES string of the molecule is NC1c2ccccc2-c2c(-c3cnc4c(c3)CCCN4)cccc21. The zero-order valence-electron chi connectivity index (χ0n) is 13.4. The minimum atomic E-state index is -0.0385. The van der Waals surface area contributed by atoms with Crippen LogP contribution in [-0.4, -0.2) is 11.5 Å². The van der Waals surface area contributed by atoms with Gasteiger partial charge in [-0.1, -0.05) is 42.5 Å². The van der Waals surface area contributed by atoms with Gasteiger partial charge in [-0.15, -0.1) is 0 Å². The molecule has 2 aromatic carbocycles. The number of fused-ring (bicyclic) bond motifs is 4. The lowest BCUT2D eigenvalue weighted by atomic mass is 9.93. The summed E-state index contributed by atoms with van der Waals surface area (Å²) in [6.07, 6.45) is 4.24. The second-order valence-electron chi connectivity index (χ2n) is 6.60. The largest absolute Gasteiger partial charge is 0.370 e. The summed E-state index contributed by atoms with van der Waals surface area (Å²) >= 11 is 0. The van der Waals surface area contributed by atoms with E-state index in [0.29, 0.717) is 0 Å². The van der Waals surface area contributed by atoms with Crippen LogP contribution in [0, 0.1) is 0 Å². The molecule has 0 spiro atoms. The molecule has 0 amide bonds. The molecule has 0 saturated carbocycles. The number of nitrogens with zero attached hydrogens (tertiary/aromatic N) is 1. The highest BCUT2D eigenvalue weighted by molar-refractivity contribution is 5.91. The fourth-order valence-corrected chi connectivity index (χ4v) is 4.03. The van der Waals surface area contributed by atoms with Gasteiger partial charge in [-0.2, -0.15) is 0 Å². The molecule has 0 radical (unpaired) electrons. The topological polar surface area (TPSA) is 50.9 Å². The Morgan fingerprint density at radius 1 is 1.00 bits per heavy atom. The molecule has 3 aromatic rings. The lowest BCUT2D eigenvalue weighted by molar-refractivity contribution is 0.818. The fourth-order valence-electron chi connectivity index (χ4n) is 4.03. The van der Waals surface area contributed by atoms with Crippen molar-refractivity contribution in [2.45, 2.75) is 18.9 Å². The molecule has 5 rings (SSSR count). The zero-order chi connectivity index (χ0) is 16.1. The van der Waals surface area contributed by atoms with Crippen molar-refractivity contribution in [1.82, 2.24) is 4.98 Å². The third kappa shape index (κ3) is 1.91. The average molecular weight is 313 g/mol. The standard InChI is InChI=1S/C21H19N3/c22-20-17-7-2-1-6-16(17)19-15(8-3-9-18(19)20)14-11-13-5-4-10-23-21(13)24-12-14/h1-3,6-9,11-12,20H,4-5,10,22H2,(H,23,24). The number of rotatable bonds is 1. The Balaban J connectivity index is 1.73. The van der Waals surface area contributed by atoms with Crippen LogP contribution in [0.3, 0.4) is 0 Å². The first-order valence-electron chi connectivity index (χ1n) is 8.54. The Morgan fingerprint density at radius 3 is 2.79 bits per heavy atom. The molecule has 0 saturated heterocycles. The zero-order valence-corrected chi connectivity index (χ0v) is 13.4. The van der Waals surface area contributed by atoms with Crippen molar-refractivity contribution in [3.05, 3.63) is 71.4 Å². The van der Waals surface area contributed by atoms with Crippen LogP contribution in [0.4, 0.5) is 5.82 Å². The van der Waals surface area contributed by atoms with Gasteiger partial charge in [-0.25, -0.2) is 4.98 Å². The molecule has 24 heavy (non-hydrogen) atoms. The van der Waals surface area contributed by atoms with Crippen molar-refractivity contribution in [3.8, 4) is 22.3 Å². The number of hydrogen-bond donors (Lipinski definition) is 2. The van der Waals surface area contributed by atoms with E-state index in [0.717, 1.165) is 18.8 Å². The van der Waals surface area contributed by atoms with Crippen LogP contribution in [0.25, 0.3) is 22.3 Å². The Bertz CT molecular complexity index is 946. The molecule has 2 heterocycles. The second kappa shape index (κ2) is 5.18. The molecule has 1 aromatic heterocycles. The number of nitrogens with two attached hydrogens (primary N) is 1. The highest BCUT2D eigenvalue weighted by atomic mass is 15.0. The highest BCUT2D eigenvalue weighted by Gasteiger charge is 2.28. The minimum absolute atomic E-state index is 0.0385. The van der Waals surface area contributed by atoms with Crippen molar-refractivity contribution >= 4 is 5.82 Å². The van der Waals surface area contributed by atoms with Crippen LogP contribution in [0.1, 0.15) is 29.2 Å². The molecular weight excluding hydrogens is 294 g/mol. The fraction of sp³-hybridized carbons (Fsp3) is 0.190. The van der Waals surface area contributed by atoms with E-state index in [-0.39, 0.29) is 6.04 Å². The summed E-state index contributed by atoms with van der Waals surface area (Å²) in [6.45, 7) is 1.02. The van der Waals surface area contributed by atoms with Crippen molar-refractivity contribution in [2.75, 3.05) is 11.9 Å². The van der Waals surface area contributed by atoms with E-state index in [1.165, 1.54) is 45.4 Å². The van der Waals surface area contributed by atoms with Gasteiger partial charge in [0.05, 0.1) is 6.04 Å². The molecule has 0 fully saturated rings. The number of aromatic nitrogens is 1. The Kier molecular flexibility index (Phi) is 2.97. The van der Waals surface area contributed by atoms with Crippen molar-refractivity contribution in [3.63, 3.8) is 0 Å². The maximum Gasteiger partial charge on any atom is 0.129 e. The van der Waals surface area contributed by atoms with Gasteiger partial charge in [0.1, 0.15) is 5.82 Å². The number of aryl methyl sites for hydroxylation is 1. The van der Waals surface area contributed by atoms with Crippen molar-refractivity contribution < 1.29 is 0 Å².